The summed E-state index contributed by atoms with van der Waals surface area (Å²) >= 11 is 0.823. The molecule has 1 aliphatic rings. The second-order valence-corrected chi connectivity index (χ2v) is 9.60. The summed E-state index contributed by atoms with van der Waals surface area (Å²) in [5.74, 6) is -0.335. The van der Waals surface area contributed by atoms with Crippen LogP contribution in [0.4, 0.5) is 10.5 Å². The standard InChI is InChI=1S/C30H24N2O4S/c1-20-9-5-8-14-25(20)31-28(33)18-32-29(34)27(37-30(32)35)17-24-23-13-7-6-12-22(23)15-16-26(24)36-19-21-10-3-2-4-11-21/h2-17H,18-19H2,1H3,(H,31,33)/b27-17+. The van der Waals surface area contributed by atoms with Gasteiger partial charge in [-0.2, -0.15) is 0 Å². The molecule has 0 radical (unpaired) electrons. The topological polar surface area (TPSA) is 75.7 Å². The molecule has 1 fully saturated rings. The fraction of sp³-hybridized carbons (Fsp3) is 0.100. The molecule has 0 aromatic heterocycles. The maximum absolute atomic E-state index is 13.2. The lowest BCUT2D eigenvalue weighted by molar-refractivity contribution is -0.127. The van der Waals surface area contributed by atoms with Crippen molar-refractivity contribution in [2.24, 2.45) is 0 Å². The number of rotatable bonds is 7. The van der Waals surface area contributed by atoms with Crippen molar-refractivity contribution < 1.29 is 19.1 Å². The maximum atomic E-state index is 13.2. The molecule has 4 aromatic carbocycles. The summed E-state index contributed by atoms with van der Waals surface area (Å²) in [5, 5.41) is 4.18. The number of amides is 3. The molecular formula is C30H24N2O4S. The third-order valence-corrected chi connectivity index (χ3v) is 6.95. The van der Waals surface area contributed by atoms with E-state index in [0.717, 1.165) is 38.6 Å². The van der Waals surface area contributed by atoms with E-state index >= 15 is 0 Å². The maximum Gasteiger partial charge on any atom is 0.294 e. The Morgan fingerprint density at radius 3 is 2.46 bits per heavy atom. The highest BCUT2D eigenvalue weighted by Crippen LogP contribution is 2.37. The molecule has 3 amide bonds. The van der Waals surface area contributed by atoms with Gasteiger partial charge in [0.05, 0.1) is 4.91 Å². The number of hydrogen-bond acceptors (Lipinski definition) is 5. The second-order valence-electron chi connectivity index (χ2n) is 8.60. The molecule has 184 valence electrons. The number of thioether (sulfide) groups is 1. The minimum Gasteiger partial charge on any atom is -0.488 e. The van der Waals surface area contributed by atoms with Crippen molar-refractivity contribution in [3.05, 3.63) is 113 Å². The predicted octanol–water partition coefficient (Wildman–Crippen LogP) is 6.40. The first-order valence-corrected chi connectivity index (χ1v) is 12.6. The number of nitrogens with zero attached hydrogens (tertiary/aromatic N) is 1. The van der Waals surface area contributed by atoms with Gasteiger partial charge in [-0.3, -0.25) is 19.3 Å². The van der Waals surface area contributed by atoms with E-state index in [2.05, 4.69) is 5.32 Å². The van der Waals surface area contributed by atoms with Crippen molar-refractivity contribution >= 4 is 51.4 Å². The van der Waals surface area contributed by atoms with E-state index in [0.29, 0.717) is 23.6 Å². The van der Waals surface area contributed by atoms with E-state index < -0.39 is 17.1 Å². The van der Waals surface area contributed by atoms with Crippen molar-refractivity contribution in [1.82, 2.24) is 4.90 Å². The van der Waals surface area contributed by atoms with Gasteiger partial charge in [0, 0.05) is 11.3 Å². The Hall–Kier alpha value is -4.36. The number of aryl methyl sites for hydroxylation is 1. The fourth-order valence-corrected chi connectivity index (χ4v) is 4.92. The molecule has 1 N–H and O–H groups in total. The first-order valence-electron chi connectivity index (χ1n) is 11.8. The Morgan fingerprint density at radius 1 is 0.919 bits per heavy atom. The van der Waals surface area contributed by atoms with E-state index in [4.69, 9.17) is 4.74 Å². The highest BCUT2D eigenvalue weighted by molar-refractivity contribution is 8.18. The first kappa shape index (κ1) is 24.3. The number of carbonyl (C=O) groups is 3. The van der Waals surface area contributed by atoms with E-state index in [1.807, 2.05) is 91.9 Å². The number of nitrogens with one attached hydrogen (secondary N) is 1. The minimum atomic E-state index is -0.503. The van der Waals surface area contributed by atoms with Gasteiger partial charge < -0.3 is 10.1 Å². The van der Waals surface area contributed by atoms with Crippen LogP contribution in [0.25, 0.3) is 16.8 Å². The Balaban J connectivity index is 1.40. The van der Waals surface area contributed by atoms with Crippen LogP contribution < -0.4 is 10.1 Å². The average molecular weight is 509 g/mol. The second kappa shape index (κ2) is 10.7. The van der Waals surface area contributed by atoms with Gasteiger partial charge >= 0.3 is 0 Å². The number of imide groups is 1. The van der Waals surface area contributed by atoms with Crippen molar-refractivity contribution in [3.63, 3.8) is 0 Å². The highest BCUT2D eigenvalue weighted by atomic mass is 32.2. The van der Waals surface area contributed by atoms with Gasteiger partial charge in [-0.1, -0.05) is 78.9 Å². The molecule has 0 saturated carbocycles. The molecule has 0 atom stereocenters. The van der Waals surface area contributed by atoms with Gasteiger partial charge in [-0.15, -0.1) is 0 Å². The van der Waals surface area contributed by atoms with Gasteiger partial charge in [0.15, 0.2) is 0 Å². The number of fused-ring (bicyclic) bond motifs is 1. The molecule has 4 aromatic rings. The Bertz CT molecular complexity index is 1530. The third-order valence-electron chi connectivity index (χ3n) is 6.04. The summed E-state index contributed by atoms with van der Waals surface area (Å²) in [6.07, 6.45) is 1.69. The van der Waals surface area contributed by atoms with Gasteiger partial charge in [0.1, 0.15) is 18.9 Å². The lowest BCUT2D eigenvalue weighted by Crippen LogP contribution is -2.36. The van der Waals surface area contributed by atoms with Crippen LogP contribution in [0.3, 0.4) is 0 Å². The number of carbonyl (C=O) groups excluding carboxylic acids is 3. The molecule has 0 unspecified atom stereocenters. The predicted molar refractivity (Wildman–Crippen MR) is 147 cm³/mol. The van der Waals surface area contributed by atoms with Crippen LogP contribution >= 0.6 is 11.8 Å². The fourth-order valence-electron chi connectivity index (χ4n) is 4.10. The van der Waals surface area contributed by atoms with E-state index in [9.17, 15) is 14.4 Å². The number of anilines is 1. The van der Waals surface area contributed by atoms with Crippen LogP contribution in [-0.4, -0.2) is 28.5 Å². The largest absolute Gasteiger partial charge is 0.488 e. The molecule has 0 spiro atoms. The Morgan fingerprint density at radius 2 is 1.65 bits per heavy atom. The van der Waals surface area contributed by atoms with E-state index in [1.54, 1.807) is 12.1 Å². The summed E-state index contributed by atoms with van der Waals surface area (Å²) in [5.41, 5.74) is 3.26. The summed E-state index contributed by atoms with van der Waals surface area (Å²) in [7, 11) is 0. The summed E-state index contributed by atoms with van der Waals surface area (Å²) in [4.78, 5) is 39.7. The van der Waals surface area contributed by atoms with Crippen molar-refractivity contribution in [2.75, 3.05) is 11.9 Å². The van der Waals surface area contributed by atoms with Gasteiger partial charge in [0.25, 0.3) is 11.1 Å². The number of ether oxygens (including phenoxy) is 1. The highest BCUT2D eigenvalue weighted by Gasteiger charge is 2.36. The van der Waals surface area contributed by atoms with Crippen LogP contribution in [0, 0.1) is 6.92 Å². The van der Waals surface area contributed by atoms with Crippen LogP contribution in [0.5, 0.6) is 5.75 Å². The monoisotopic (exact) mass is 508 g/mol. The zero-order valence-corrected chi connectivity index (χ0v) is 21.0. The van der Waals surface area contributed by atoms with Gasteiger partial charge in [0.2, 0.25) is 5.91 Å². The molecule has 1 aliphatic heterocycles. The summed E-state index contributed by atoms with van der Waals surface area (Å²) in [6, 6.07) is 28.8. The zero-order chi connectivity index (χ0) is 25.8. The van der Waals surface area contributed by atoms with Crippen molar-refractivity contribution in [2.45, 2.75) is 13.5 Å². The van der Waals surface area contributed by atoms with Crippen LogP contribution in [-0.2, 0) is 16.2 Å². The van der Waals surface area contributed by atoms with Gasteiger partial charge in [-0.05, 0) is 58.8 Å². The Labute approximate surface area is 218 Å². The summed E-state index contributed by atoms with van der Waals surface area (Å²) < 4.78 is 6.14. The average Bonchev–Trinajstić information content (AvgIpc) is 3.17. The zero-order valence-electron chi connectivity index (χ0n) is 20.1. The smallest absolute Gasteiger partial charge is 0.294 e. The summed E-state index contributed by atoms with van der Waals surface area (Å²) in [6.45, 7) is 1.88. The quantitative estimate of drug-likeness (QED) is 0.292. The number of benzene rings is 4. The van der Waals surface area contributed by atoms with E-state index in [1.165, 1.54) is 0 Å². The SMILES string of the molecule is Cc1ccccc1NC(=O)CN1C(=O)S/C(=C/c2c(OCc3ccccc3)ccc3ccccc23)C1=O. The molecule has 5 rings (SSSR count). The normalized spacial score (nSPS) is 14.4. The number of hydrogen-bond donors (Lipinski definition) is 1. The molecule has 1 saturated heterocycles. The molecule has 7 heteroatoms. The molecule has 0 aliphatic carbocycles. The lowest BCUT2D eigenvalue weighted by Gasteiger charge is -2.14. The third kappa shape index (κ3) is 5.42. The number of para-hydroxylation sites is 1. The molecule has 1 heterocycles. The van der Waals surface area contributed by atoms with Crippen LogP contribution in [0.1, 0.15) is 16.7 Å². The van der Waals surface area contributed by atoms with Gasteiger partial charge in [-0.25, -0.2) is 0 Å². The molecular weight excluding hydrogens is 484 g/mol. The molecule has 37 heavy (non-hydrogen) atoms. The van der Waals surface area contributed by atoms with E-state index in [-0.39, 0.29) is 11.4 Å². The van der Waals surface area contributed by atoms with Crippen LogP contribution in [0.15, 0.2) is 95.9 Å². The minimum absolute atomic E-state index is 0.245. The van der Waals surface area contributed by atoms with Crippen LogP contribution in [0.2, 0.25) is 0 Å². The Kier molecular flexibility index (Phi) is 7.05. The van der Waals surface area contributed by atoms with Crippen molar-refractivity contribution in [3.8, 4) is 5.75 Å². The molecule has 6 nitrogen and oxygen atoms in total. The molecule has 0 bridgehead atoms. The van der Waals surface area contributed by atoms with Crippen molar-refractivity contribution in [1.29, 1.82) is 0 Å². The first-order chi connectivity index (χ1) is 18.0. The lowest BCUT2D eigenvalue weighted by atomic mass is 10.0.